The molecule has 2 aromatic rings. The van der Waals surface area contributed by atoms with Gasteiger partial charge in [0.2, 0.25) is 0 Å². The molecule has 1 aromatic heterocycles. The number of hydrogen-bond donors (Lipinski definition) is 2. The maximum Gasteiger partial charge on any atom is 0.331 e. The van der Waals surface area contributed by atoms with Crippen LogP contribution in [0.3, 0.4) is 0 Å². The predicted molar refractivity (Wildman–Crippen MR) is 110 cm³/mol. The Morgan fingerprint density at radius 1 is 1.23 bits per heavy atom. The topological polar surface area (TPSA) is 102 Å². The number of aryl methyl sites for hydroxylation is 1. The third kappa shape index (κ3) is 6.70. The van der Waals surface area contributed by atoms with Crippen molar-refractivity contribution >= 4 is 35.6 Å². The van der Waals surface area contributed by atoms with Gasteiger partial charge in [-0.1, -0.05) is 11.6 Å². The van der Waals surface area contributed by atoms with Crippen LogP contribution in [0.2, 0.25) is 5.15 Å². The van der Waals surface area contributed by atoms with Crippen LogP contribution in [0.4, 0.5) is 9.18 Å². The van der Waals surface area contributed by atoms with Crippen LogP contribution in [0.1, 0.15) is 32.0 Å². The number of carbonyl (C=O) groups excluding carboxylic acids is 3. The van der Waals surface area contributed by atoms with E-state index in [1.807, 2.05) is 0 Å². The molecule has 3 amide bonds. The second-order valence-corrected chi connectivity index (χ2v) is 7.73. The summed E-state index contributed by atoms with van der Waals surface area (Å²) in [5.41, 5.74) is 1.04. The zero-order chi connectivity index (χ0) is 22.5. The number of benzene rings is 1. The average molecular weight is 437 g/mol. The molecule has 0 aliphatic heterocycles. The quantitative estimate of drug-likeness (QED) is 0.553. The summed E-state index contributed by atoms with van der Waals surface area (Å²) in [5, 5.41) is 9.10. The van der Waals surface area contributed by atoms with Crippen molar-refractivity contribution in [2.24, 2.45) is 0 Å². The van der Waals surface area contributed by atoms with Gasteiger partial charge >= 0.3 is 12.0 Å². The van der Waals surface area contributed by atoms with Gasteiger partial charge in [0.15, 0.2) is 6.61 Å². The molecule has 0 saturated carbocycles. The Kier molecular flexibility index (Phi) is 7.33. The minimum absolute atomic E-state index is 0.222. The third-order valence-electron chi connectivity index (χ3n) is 3.59. The number of hydrogen-bond acceptors (Lipinski definition) is 5. The minimum Gasteiger partial charge on any atom is -0.452 e. The lowest BCUT2D eigenvalue weighted by Gasteiger charge is -2.20. The van der Waals surface area contributed by atoms with Crippen molar-refractivity contribution < 1.29 is 23.5 Å². The molecule has 2 rings (SSSR count). The maximum absolute atomic E-state index is 13.1. The van der Waals surface area contributed by atoms with Crippen molar-refractivity contribution in [2.75, 3.05) is 6.61 Å². The van der Waals surface area contributed by atoms with E-state index in [9.17, 15) is 18.8 Å². The Hall–Kier alpha value is -3.20. The molecule has 10 heteroatoms. The molecule has 1 aromatic carbocycles. The molecule has 0 aliphatic carbocycles. The number of rotatable bonds is 5. The first-order chi connectivity index (χ1) is 14.0. The first-order valence-electron chi connectivity index (χ1n) is 8.94. The molecule has 0 fully saturated rings. The van der Waals surface area contributed by atoms with Gasteiger partial charge in [-0.2, -0.15) is 5.10 Å². The summed E-state index contributed by atoms with van der Waals surface area (Å²) in [6.07, 6.45) is 2.49. The molecule has 0 unspecified atom stereocenters. The van der Waals surface area contributed by atoms with Crippen LogP contribution in [0.15, 0.2) is 30.3 Å². The van der Waals surface area contributed by atoms with Gasteiger partial charge in [0, 0.05) is 17.2 Å². The van der Waals surface area contributed by atoms with E-state index in [4.69, 9.17) is 16.3 Å². The molecule has 0 bridgehead atoms. The molecule has 0 saturated heterocycles. The van der Waals surface area contributed by atoms with Crippen LogP contribution < -0.4 is 10.6 Å². The molecule has 0 atom stereocenters. The fourth-order valence-electron chi connectivity index (χ4n) is 2.32. The third-order valence-corrected chi connectivity index (χ3v) is 3.96. The second-order valence-electron chi connectivity index (χ2n) is 7.37. The SMILES string of the molecule is Cc1nn(-c2ccc(F)cc2)c(Cl)c1/C=C/C(=O)OCC(=O)NC(=O)NC(C)(C)C. The van der Waals surface area contributed by atoms with Gasteiger partial charge in [0.05, 0.1) is 11.4 Å². The van der Waals surface area contributed by atoms with E-state index in [2.05, 4.69) is 15.7 Å². The lowest BCUT2D eigenvalue weighted by Crippen LogP contribution is -2.49. The summed E-state index contributed by atoms with van der Waals surface area (Å²) < 4.78 is 19.3. The lowest BCUT2D eigenvalue weighted by atomic mass is 10.1. The number of esters is 1. The van der Waals surface area contributed by atoms with Crippen molar-refractivity contribution in [1.82, 2.24) is 20.4 Å². The number of nitrogens with one attached hydrogen (secondary N) is 2. The van der Waals surface area contributed by atoms with Crippen LogP contribution >= 0.6 is 11.6 Å². The second kappa shape index (κ2) is 9.53. The van der Waals surface area contributed by atoms with Crippen LogP contribution in [-0.2, 0) is 14.3 Å². The predicted octanol–water partition coefficient (Wildman–Crippen LogP) is 3.15. The average Bonchev–Trinajstić information content (AvgIpc) is 2.91. The molecule has 160 valence electrons. The van der Waals surface area contributed by atoms with Gasteiger partial charge in [-0.15, -0.1) is 0 Å². The molecule has 8 nitrogen and oxygen atoms in total. The van der Waals surface area contributed by atoms with E-state index in [0.29, 0.717) is 16.9 Å². The van der Waals surface area contributed by atoms with Crippen molar-refractivity contribution in [3.8, 4) is 5.69 Å². The van der Waals surface area contributed by atoms with Crippen molar-refractivity contribution in [2.45, 2.75) is 33.2 Å². The van der Waals surface area contributed by atoms with E-state index < -0.39 is 30.1 Å². The first-order valence-corrected chi connectivity index (χ1v) is 9.32. The monoisotopic (exact) mass is 436 g/mol. The number of carbonyl (C=O) groups is 3. The Labute approximate surface area is 178 Å². The normalized spacial score (nSPS) is 11.4. The van der Waals surface area contributed by atoms with Crippen molar-refractivity contribution in [3.05, 3.63) is 52.6 Å². The summed E-state index contributed by atoms with van der Waals surface area (Å²) in [7, 11) is 0. The number of amides is 3. The highest BCUT2D eigenvalue weighted by atomic mass is 35.5. The van der Waals surface area contributed by atoms with Crippen molar-refractivity contribution in [3.63, 3.8) is 0 Å². The zero-order valence-corrected chi connectivity index (χ0v) is 17.7. The minimum atomic E-state index is -0.800. The summed E-state index contributed by atoms with van der Waals surface area (Å²) in [4.78, 5) is 35.1. The Morgan fingerprint density at radius 3 is 2.47 bits per heavy atom. The highest BCUT2D eigenvalue weighted by Gasteiger charge is 2.17. The molecule has 0 spiro atoms. The van der Waals surface area contributed by atoms with Crippen LogP contribution in [-0.4, -0.2) is 39.8 Å². The van der Waals surface area contributed by atoms with E-state index in [-0.39, 0.29) is 11.0 Å². The Morgan fingerprint density at radius 2 is 1.87 bits per heavy atom. The Bertz CT molecular complexity index is 978. The smallest absolute Gasteiger partial charge is 0.331 e. The van der Waals surface area contributed by atoms with Gasteiger partial charge in [0.1, 0.15) is 11.0 Å². The standard InChI is InChI=1S/C20H22ClFN4O4/c1-12-15(18(21)26(25-12)14-7-5-13(22)6-8-14)9-10-17(28)30-11-16(27)23-19(29)24-20(2,3)4/h5-10H,11H2,1-4H3,(H2,23,24,27,29)/b10-9+. The molecular formula is C20H22ClFN4O4. The molecule has 1 heterocycles. The van der Waals surface area contributed by atoms with Crippen molar-refractivity contribution in [1.29, 1.82) is 0 Å². The van der Waals surface area contributed by atoms with Crippen LogP contribution in [0.5, 0.6) is 0 Å². The van der Waals surface area contributed by atoms with Gasteiger partial charge in [-0.3, -0.25) is 10.1 Å². The molecule has 0 aliphatic rings. The van der Waals surface area contributed by atoms with Gasteiger partial charge in [-0.25, -0.2) is 18.7 Å². The summed E-state index contributed by atoms with van der Waals surface area (Å²) in [5.74, 6) is -1.95. The number of urea groups is 1. The van der Waals surface area contributed by atoms with Crippen LogP contribution in [0, 0.1) is 12.7 Å². The van der Waals surface area contributed by atoms with Gasteiger partial charge in [-0.05, 0) is 58.0 Å². The molecule has 30 heavy (non-hydrogen) atoms. The van der Waals surface area contributed by atoms with E-state index >= 15 is 0 Å². The summed E-state index contributed by atoms with van der Waals surface area (Å²) in [6.45, 7) is 6.34. The van der Waals surface area contributed by atoms with Crippen LogP contribution in [0.25, 0.3) is 11.8 Å². The number of nitrogens with zero attached hydrogens (tertiary/aromatic N) is 2. The number of halogens is 2. The summed E-state index contributed by atoms with van der Waals surface area (Å²) >= 11 is 6.32. The van der Waals surface area contributed by atoms with E-state index in [1.165, 1.54) is 35.0 Å². The summed E-state index contributed by atoms with van der Waals surface area (Å²) in [6, 6.07) is 4.91. The fraction of sp³-hybridized carbons (Fsp3) is 0.300. The zero-order valence-electron chi connectivity index (χ0n) is 17.0. The number of aromatic nitrogens is 2. The highest BCUT2D eigenvalue weighted by molar-refractivity contribution is 6.31. The van der Waals surface area contributed by atoms with Gasteiger partial charge in [0.25, 0.3) is 5.91 Å². The number of ether oxygens (including phenoxy) is 1. The van der Waals surface area contributed by atoms with Gasteiger partial charge < -0.3 is 10.1 Å². The number of imide groups is 1. The molecular weight excluding hydrogens is 415 g/mol. The maximum atomic E-state index is 13.1. The van der Waals surface area contributed by atoms with E-state index in [0.717, 1.165) is 6.08 Å². The Balaban J connectivity index is 1.96. The van der Waals surface area contributed by atoms with E-state index in [1.54, 1.807) is 27.7 Å². The molecule has 2 N–H and O–H groups in total. The fourth-order valence-corrected chi connectivity index (χ4v) is 2.66. The first kappa shape index (κ1) is 23.1. The molecule has 0 radical (unpaired) electrons. The highest BCUT2D eigenvalue weighted by Crippen LogP contribution is 2.24. The largest absolute Gasteiger partial charge is 0.452 e. The lowest BCUT2D eigenvalue weighted by molar-refractivity contribution is -0.143.